The summed E-state index contributed by atoms with van der Waals surface area (Å²) in [6.07, 6.45) is 5.68. The van der Waals surface area contributed by atoms with Crippen LogP contribution >= 0.6 is 0 Å². The zero-order valence-electron chi connectivity index (χ0n) is 7.10. The average molecular weight is 142 g/mol. The first-order chi connectivity index (χ1) is 4.86. The molecule has 1 aliphatic rings. The van der Waals surface area contributed by atoms with Gasteiger partial charge in [-0.05, 0) is 25.2 Å². The lowest BCUT2D eigenvalue weighted by Gasteiger charge is -2.27. The van der Waals surface area contributed by atoms with E-state index in [-0.39, 0.29) is 0 Å². The summed E-state index contributed by atoms with van der Waals surface area (Å²) in [5.74, 6) is 0.943. The molecule has 0 aliphatic carbocycles. The van der Waals surface area contributed by atoms with Crippen molar-refractivity contribution in [3.05, 3.63) is 0 Å². The molecule has 0 N–H and O–H groups in total. The maximum absolute atomic E-state index is 5.56. The second-order valence-corrected chi connectivity index (χ2v) is 3.20. The number of ether oxygens (including phenoxy) is 1. The Kier molecular flexibility index (Phi) is 3.20. The molecule has 1 nitrogen and oxygen atoms in total. The fraction of sp³-hybridized carbons (Fsp3) is 1.00. The quantitative estimate of drug-likeness (QED) is 0.576. The molecule has 0 aromatic heterocycles. The highest BCUT2D eigenvalue weighted by atomic mass is 16.5. The van der Waals surface area contributed by atoms with Gasteiger partial charge >= 0.3 is 0 Å². The smallest absolute Gasteiger partial charge is 0.0575 e. The van der Waals surface area contributed by atoms with E-state index >= 15 is 0 Å². The third kappa shape index (κ3) is 1.98. The van der Waals surface area contributed by atoms with Crippen molar-refractivity contribution in [3.63, 3.8) is 0 Å². The van der Waals surface area contributed by atoms with Crippen molar-refractivity contribution in [1.82, 2.24) is 0 Å². The second kappa shape index (κ2) is 3.97. The zero-order chi connectivity index (χ0) is 7.40. The molecule has 60 valence electrons. The van der Waals surface area contributed by atoms with Crippen LogP contribution in [-0.4, -0.2) is 12.7 Å². The predicted octanol–water partition coefficient (Wildman–Crippen LogP) is 2.60. The van der Waals surface area contributed by atoms with Gasteiger partial charge in [-0.2, -0.15) is 0 Å². The van der Waals surface area contributed by atoms with Crippen LogP contribution in [-0.2, 0) is 4.74 Å². The van der Waals surface area contributed by atoms with Crippen LogP contribution in [0.2, 0.25) is 0 Å². The SMILES string of the molecule is CCC1CCOC(CC)C1. The van der Waals surface area contributed by atoms with E-state index < -0.39 is 0 Å². The lowest BCUT2D eigenvalue weighted by molar-refractivity contribution is -0.0110. The lowest BCUT2D eigenvalue weighted by Crippen LogP contribution is -2.24. The first kappa shape index (κ1) is 8.06. The summed E-state index contributed by atoms with van der Waals surface area (Å²) in [5.41, 5.74) is 0. The zero-order valence-corrected chi connectivity index (χ0v) is 7.10. The van der Waals surface area contributed by atoms with Gasteiger partial charge in [-0.3, -0.25) is 0 Å². The first-order valence-corrected chi connectivity index (χ1v) is 4.48. The van der Waals surface area contributed by atoms with Crippen molar-refractivity contribution in [2.24, 2.45) is 5.92 Å². The van der Waals surface area contributed by atoms with Gasteiger partial charge in [0.2, 0.25) is 0 Å². The Morgan fingerprint density at radius 2 is 2.10 bits per heavy atom. The molecule has 0 radical (unpaired) electrons. The van der Waals surface area contributed by atoms with Crippen molar-refractivity contribution in [2.75, 3.05) is 6.61 Å². The molecule has 0 spiro atoms. The van der Waals surface area contributed by atoms with Gasteiger partial charge in [0.25, 0.3) is 0 Å². The molecule has 1 fully saturated rings. The van der Waals surface area contributed by atoms with Gasteiger partial charge in [0.1, 0.15) is 0 Å². The summed E-state index contributed by atoms with van der Waals surface area (Å²) in [5, 5.41) is 0. The van der Waals surface area contributed by atoms with E-state index in [0.29, 0.717) is 6.10 Å². The summed E-state index contributed by atoms with van der Waals surface area (Å²) < 4.78 is 5.56. The summed E-state index contributed by atoms with van der Waals surface area (Å²) in [7, 11) is 0. The Morgan fingerprint density at radius 1 is 1.30 bits per heavy atom. The van der Waals surface area contributed by atoms with Crippen LogP contribution in [0.5, 0.6) is 0 Å². The van der Waals surface area contributed by atoms with E-state index in [1.807, 2.05) is 0 Å². The van der Waals surface area contributed by atoms with E-state index in [9.17, 15) is 0 Å². The summed E-state index contributed by atoms with van der Waals surface area (Å²) in [6, 6.07) is 0. The van der Waals surface area contributed by atoms with Gasteiger partial charge in [-0.1, -0.05) is 20.3 Å². The van der Waals surface area contributed by atoms with E-state index in [0.717, 1.165) is 12.5 Å². The Bertz CT molecular complexity index is 80.7. The second-order valence-electron chi connectivity index (χ2n) is 3.20. The molecule has 0 saturated carbocycles. The van der Waals surface area contributed by atoms with Gasteiger partial charge in [0, 0.05) is 6.61 Å². The largest absolute Gasteiger partial charge is 0.378 e. The Balaban J connectivity index is 2.25. The third-order valence-corrected chi connectivity index (χ3v) is 2.51. The van der Waals surface area contributed by atoms with Crippen molar-refractivity contribution in [3.8, 4) is 0 Å². The normalized spacial score (nSPS) is 34.2. The topological polar surface area (TPSA) is 9.23 Å². The maximum Gasteiger partial charge on any atom is 0.0575 e. The van der Waals surface area contributed by atoms with Crippen molar-refractivity contribution in [2.45, 2.75) is 45.6 Å². The van der Waals surface area contributed by atoms with E-state index in [1.165, 1.54) is 25.7 Å². The van der Waals surface area contributed by atoms with Crippen LogP contribution in [0.3, 0.4) is 0 Å². The molecule has 1 heterocycles. The molecule has 2 atom stereocenters. The van der Waals surface area contributed by atoms with Gasteiger partial charge in [0.05, 0.1) is 6.10 Å². The Morgan fingerprint density at radius 3 is 2.70 bits per heavy atom. The highest BCUT2D eigenvalue weighted by Crippen LogP contribution is 2.23. The molecular formula is C9H18O. The van der Waals surface area contributed by atoms with Crippen molar-refractivity contribution >= 4 is 0 Å². The first-order valence-electron chi connectivity index (χ1n) is 4.48. The van der Waals surface area contributed by atoms with Gasteiger partial charge in [-0.25, -0.2) is 0 Å². The van der Waals surface area contributed by atoms with Crippen LogP contribution in [0.1, 0.15) is 39.5 Å². The number of hydrogen-bond acceptors (Lipinski definition) is 1. The summed E-state index contributed by atoms with van der Waals surface area (Å²) >= 11 is 0. The molecule has 0 aromatic carbocycles. The van der Waals surface area contributed by atoms with Gasteiger partial charge < -0.3 is 4.74 Å². The minimum Gasteiger partial charge on any atom is -0.378 e. The molecule has 1 rings (SSSR count). The molecule has 1 saturated heterocycles. The van der Waals surface area contributed by atoms with Crippen LogP contribution in [0, 0.1) is 5.92 Å². The van der Waals surface area contributed by atoms with Gasteiger partial charge in [-0.15, -0.1) is 0 Å². The minimum atomic E-state index is 0.568. The lowest BCUT2D eigenvalue weighted by atomic mass is 9.92. The Labute approximate surface area is 63.8 Å². The predicted molar refractivity (Wildman–Crippen MR) is 43.0 cm³/mol. The van der Waals surface area contributed by atoms with E-state index in [2.05, 4.69) is 13.8 Å². The van der Waals surface area contributed by atoms with Gasteiger partial charge in [0.15, 0.2) is 0 Å². The average Bonchev–Trinajstić information content (AvgIpc) is 2.05. The molecule has 0 aromatic rings. The minimum absolute atomic E-state index is 0.568. The fourth-order valence-electron chi connectivity index (χ4n) is 1.61. The third-order valence-electron chi connectivity index (χ3n) is 2.51. The molecule has 1 aliphatic heterocycles. The molecule has 2 unspecified atom stereocenters. The van der Waals surface area contributed by atoms with Crippen molar-refractivity contribution in [1.29, 1.82) is 0 Å². The standard InChI is InChI=1S/C9H18O/c1-3-8-5-6-10-9(4-2)7-8/h8-9H,3-7H2,1-2H3. The van der Waals surface area contributed by atoms with Crippen LogP contribution < -0.4 is 0 Å². The summed E-state index contributed by atoms with van der Waals surface area (Å²) in [6.45, 7) is 5.49. The monoisotopic (exact) mass is 142 g/mol. The number of hydrogen-bond donors (Lipinski definition) is 0. The molecular weight excluding hydrogens is 124 g/mol. The van der Waals surface area contributed by atoms with Crippen LogP contribution in [0.25, 0.3) is 0 Å². The van der Waals surface area contributed by atoms with Crippen molar-refractivity contribution < 1.29 is 4.74 Å². The van der Waals surface area contributed by atoms with Crippen LogP contribution in [0.15, 0.2) is 0 Å². The number of rotatable bonds is 2. The fourth-order valence-corrected chi connectivity index (χ4v) is 1.61. The van der Waals surface area contributed by atoms with Crippen LogP contribution in [0.4, 0.5) is 0 Å². The highest BCUT2D eigenvalue weighted by molar-refractivity contribution is 4.69. The molecule has 1 heteroatoms. The maximum atomic E-state index is 5.56. The van der Waals surface area contributed by atoms with E-state index in [1.54, 1.807) is 0 Å². The highest BCUT2D eigenvalue weighted by Gasteiger charge is 2.19. The molecule has 0 bridgehead atoms. The molecule has 10 heavy (non-hydrogen) atoms. The Hall–Kier alpha value is -0.0400. The summed E-state index contributed by atoms with van der Waals surface area (Å²) in [4.78, 5) is 0. The molecule has 0 amide bonds. The van der Waals surface area contributed by atoms with E-state index in [4.69, 9.17) is 4.74 Å².